The van der Waals surface area contributed by atoms with Gasteiger partial charge < -0.3 is 4.74 Å². The first-order chi connectivity index (χ1) is 16.1. The third-order valence-electron chi connectivity index (χ3n) is 4.64. The Morgan fingerprint density at radius 3 is 2.67 bits per heavy atom. The normalized spacial score (nSPS) is 10.7. The maximum atomic E-state index is 13.7. The monoisotopic (exact) mass is 439 g/mol. The molecule has 4 aromatic rings. The Kier molecular flexibility index (Phi) is 6.52. The molecule has 0 amide bonds. The van der Waals surface area contributed by atoms with Gasteiger partial charge in [-0.05, 0) is 29.3 Å². The van der Waals surface area contributed by atoms with Gasteiger partial charge in [-0.25, -0.2) is 14.8 Å². The summed E-state index contributed by atoms with van der Waals surface area (Å²) in [6.07, 6.45) is 1.55. The van der Waals surface area contributed by atoms with Gasteiger partial charge in [0.2, 0.25) is 5.95 Å². The molecule has 8 heteroatoms. The molecule has 2 N–H and O–H groups in total. The van der Waals surface area contributed by atoms with E-state index in [0.717, 1.165) is 11.1 Å². The van der Waals surface area contributed by atoms with Gasteiger partial charge in [0.05, 0.1) is 11.9 Å². The Labute approximate surface area is 188 Å². The average Bonchev–Trinajstić information content (AvgIpc) is 2.84. The molecule has 0 spiro atoms. The van der Waals surface area contributed by atoms with E-state index >= 15 is 0 Å². The molecule has 0 aliphatic rings. The average molecular weight is 439 g/mol. The minimum atomic E-state index is -0.559. The molecule has 0 aliphatic heterocycles. The number of aromatic nitrogens is 2. The lowest BCUT2D eigenvalue weighted by Gasteiger charge is -2.08. The molecule has 0 saturated carbocycles. The topological polar surface area (TPSA) is 103 Å². The number of nitrogens with one attached hydrogen (secondary N) is 2. The standard InChI is InChI=1S/C25H18FN5O2/c26-21-11-4-5-12-22(21)33-16-18-8-6-7-17(13-18)15-28-31-25-29-23(19-9-2-1-3-10-19)20(14-27)24(32)30-25/h1-13,15H,16H2,(H2,29,30,31,32). The number of hydrogen-bond acceptors (Lipinski definition) is 6. The number of para-hydroxylation sites is 1. The number of ether oxygens (including phenoxy) is 1. The van der Waals surface area contributed by atoms with Crippen LogP contribution in [0, 0.1) is 17.1 Å². The van der Waals surface area contributed by atoms with Gasteiger partial charge in [0.25, 0.3) is 5.56 Å². The number of hydrogen-bond donors (Lipinski definition) is 2. The predicted molar refractivity (Wildman–Crippen MR) is 123 cm³/mol. The third kappa shape index (κ3) is 5.29. The molecule has 4 rings (SSSR count). The third-order valence-corrected chi connectivity index (χ3v) is 4.64. The molecule has 0 radical (unpaired) electrons. The van der Waals surface area contributed by atoms with E-state index in [9.17, 15) is 14.4 Å². The van der Waals surface area contributed by atoms with E-state index in [1.54, 1.807) is 48.7 Å². The molecular weight excluding hydrogens is 421 g/mol. The van der Waals surface area contributed by atoms with Crippen LogP contribution in [0.4, 0.5) is 10.3 Å². The van der Waals surface area contributed by atoms with E-state index in [2.05, 4.69) is 20.5 Å². The van der Waals surface area contributed by atoms with Gasteiger partial charge in [0, 0.05) is 5.56 Å². The minimum absolute atomic E-state index is 0.0710. The van der Waals surface area contributed by atoms with Crippen LogP contribution in [0.5, 0.6) is 5.75 Å². The lowest BCUT2D eigenvalue weighted by atomic mass is 10.1. The minimum Gasteiger partial charge on any atom is -0.486 e. The molecule has 1 heterocycles. The van der Waals surface area contributed by atoms with Crippen molar-refractivity contribution in [3.05, 3.63) is 112 Å². The lowest BCUT2D eigenvalue weighted by Crippen LogP contribution is -2.16. The van der Waals surface area contributed by atoms with Gasteiger partial charge in [0.15, 0.2) is 11.6 Å². The van der Waals surface area contributed by atoms with Crippen molar-refractivity contribution in [2.45, 2.75) is 6.61 Å². The first-order valence-corrected chi connectivity index (χ1v) is 9.99. The van der Waals surface area contributed by atoms with Crippen LogP contribution in [0.15, 0.2) is 88.8 Å². The molecule has 1 aromatic heterocycles. The Morgan fingerprint density at radius 2 is 1.88 bits per heavy atom. The molecule has 0 atom stereocenters. The van der Waals surface area contributed by atoms with Crippen molar-refractivity contribution in [1.29, 1.82) is 5.26 Å². The van der Waals surface area contributed by atoms with Crippen LogP contribution < -0.4 is 15.7 Å². The number of rotatable bonds is 7. The molecule has 162 valence electrons. The first kappa shape index (κ1) is 21.5. The smallest absolute Gasteiger partial charge is 0.270 e. The van der Waals surface area contributed by atoms with Crippen LogP contribution in [0.2, 0.25) is 0 Å². The molecule has 0 bridgehead atoms. The Bertz CT molecular complexity index is 1390. The van der Waals surface area contributed by atoms with E-state index < -0.39 is 11.4 Å². The van der Waals surface area contributed by atoms with Crippen LogP contribution in [0.3, 0.4) is 0 Å². The van der Waals surface area contributed by atoms with Crippen LogP contribution in [0.25, 0.3) is 11.3 Å². The van der Waals surface area contributed by atoms with E-state index in [4.69, 9.17) is 4.74 Å². The van der Waals surface area contributed by atoms with Crippen LogP contribution in [-0.2, 0) is 6.61 Å². The van der Waals surface area contributed by atoms with Crippen molar-refractivity contribution in [3.63, 3.8) is 0 Å². The first-order valence-electron chi connectivity index (χ1n) is 9.99. The summed E-state index contributed by atoms with van der Waals surface area (Å²) >= 11 is 0. The Morgan fingerprint density at radius 1 is 1.09 bits per heavy atom. The Balaban J connectivity index is 1.48. The number of aromatic amines is 1. The van der Waals surface area contributed by atoms with Crippen molar-refractivity contribution >= 4 is 12.2 Å². The number of nitriles is 1. The molecule has 0 saturated heterocycles. The zero-order chi connectivity index (χ0) is 23.0. The molecule has 33 heavy (non-hydrogen) atoms. The van der Waals surface area contributed by atoms with E-state index in [0.29, 0.717) is 5.56 Å². The summed E-state index contributed by atoms with van der Waals surface area (Å²) in [6.45, 7) is 0.195. The summed E-state index contributed by atoms with van der Waals surface area (Å²) in [6, 6.07) is 24.5. The highest BCUT2D eigenvalue weighted by atomic mass is 19.1. The number of anilines is 1. The summed E-state index contributed by atoms with van der Waals surface area (Å²) in [7, 11) is 0. The van der Waals surface area contributed by atoms with Crippen LogP contribution in [0.1, 0.15) is 16.7 Å². The van der Waals surface area contributed by atoms with Gasteiger partial charge in [0.1, 0.15) is 18.2 Å². The second-order valence-corrected chi connectivity index (χ2v) is 6.95. The zero-order valence-corrected chi connectivity index (χ0v) is 17.3. The molecule has 0 aliphatic carbocycles. The summed E-state index contributed by atoms with van der Waals surface area (Å²) < 4.78 is 19.2. The highest BCUT2D eigenvalue weighted by molar-refractivity contribution is 5.80. The number of H-pyrrole nitrogens is 1. The van der Waals surface area contributed by atoms with Gasteiger partial charge >= 0.3 is 0 Å². The molecule has 0 fully saturated rings. The number of halogens is 1. The van der Waals surface area contributed by atoms with Gasteiger partial charge in [-0.3, -0.25) is 9.78 Å². The quantitative estimate of drug-likeness (QED) is 0.327. The van der Waals surface area contributed by atoms with E-state index in [1.807, 2.05) is 36.4 Å². The molecule has 3 aromatic carbocycles. The highest BCUT2D eigenvalue weighted by Crippen LogP contribution is 2.20. The fourth-order valence-electron chi connectivity index (χ4n) is 3.09. The lowest BCUT2D eigenvalue weighted by molar-refractivity contribution is 0.290. The molecule has 0 unspecified atom stereocenters. The van der Waals surface area contributed by atoms with Crippen molar-refractivity contribution in [3.8, 4) is 23.1 Å². The Hall–Kier alpha value is -4.77. The number of benzene rings is 3. The van der Waals surface area contributed by atoms with Crippen molar-refractivity contribution < 1.29 is 9.13 Å². The fraction of sp³-hybridized carbons (Fsp3) is 0.0400. The van der Waals surface area contributed by atoms with Crippen LogP contribution in [-0.4, -0.2) is 16.2 Å². The molecule has 7 nitrogen and oxygen atoms in total. The summed E-state index contributed by atoms with van der Waals surface area (Å²) in [5.74, 6) is -0.130. The zero-order valence-electron chi connectivity index (χ0n) is 17.3. The number of nitrogens with zero attached hydrogens (tertiary/aromatic N) is 3. The van der Waals surface area contributed by atoms with Crippen LogP contribution >= 0.6 is 0 Å². The summed E-state index contributed by atoms with van der Waals surface area (Å²) in [5, 5.41) is 13.5. The fourth-order valence-corrected chi connectivity index (χ4v) is 3.09. The second kappa shape index (κ2) is 10.0. The maximum Gasteiger partial charge on any atom is 0.270 e. The van der Waals surface area contributed by atoms with E-state index in [-0.39, 0.29) is 29.6 Å². The van der Waals surface area contributed by atoms with E-state index in [1.165, 1.54) is 6.07 Å². The highest BCUT2D eigenvalue weighted by Gasteiger charge is 2.12. The maximum absolute atomic E-state index is 13.7. The van der Waals surface area contributed by atoms with Gasteiger partial charge in [-0.15, -0.1) is 0 Å². The SMILES string of the molecule is N#Cc1c(-c2ccccc2)nc(NN=Cc2cccc(COc3ccccc3F)c2)[nH]c1=O. The largest absolute Gasteiger partial charge is 0.486 e. The second-order valence-electron chi connectivity index (χ2n) is 6.95. The van der Waals surface area contributed by atoms with Crippen molar-refractivity contribution in [2.24, 2.45) is 5.10 Å². The van der Waals surface area contributed by atoms with Gasteiger partial charge in [-0.2, -0.15) is 10.4 Å². The molecular formula is C25H18FN5O2. The van der Waals surface area contributed by atoms with Crippen molar-refractivity contribution in [1.82, 2.24) is 9.97 Å². The van der Waals surface area contributed by atoms with Crippen molar-refractivity contribution in [2.75, 3.05) is 5.43 Å². The summed E-state index contributed by atoms with van der Waals surface area (Å²) in [4.78, 5) is 19.2. The number of hydrazone groups is 1. The predicted octanol–water partition coefficient (Wildman–Crippen LogP) is 4.47. The van der Waals surface area contributed by atoms with Gasteiger partial charge in [-0.1, -0.05) is 60.7 Å². The summed E-state index contributed by atoms with van der Waals surface area (Å²) in [5.41, 5.74) is 4.57.